The lowest BCUT2D eigenvalue weighted by Crippen LogP contribution is -2.71. The van der Waals surface area contributed by atoms with Crippen molar-refractivity contribution in [3.63, 3.8) is 0 Å². The molecule has 0 radical (unpaired) electrons. The molecule has 0 aliphatic carbocycles. The van der Waals surface area contributed by atoms with Crippen molar-refractivity contribution >= 4 is 31.7 Å². The first-order chi connectivity index (χ1) is 15.7. The van der Waals surface area contributed by atoms with Gasteiger partial charge in [0.15, 0.2) is 5.85 Å². The summed E-state index contributed by atoms with van der Waals surface area (Å²) in [6, 6.07) is 31.6. The zero-order valence-electron chi connectivity index (χ0n) is 20.3. The Hall–Kier alpha value is -1.85. The molecule has 1 heterocycles. The highest BCUT2D eigenvalue weighted by atomic mass is 31.2. The van der Waals surface area contributed by atoms with Gasteiger partial charge in [0.2, 0.25) is 0 Å². The Morgan fingerprint density at radius 1 is 0.727 bits per heavy atom. The van der Waals surface area contributed by atoms with Crippen LogP contribution in [0.15, 0.2) is 91.0 Å². The average molecular weight is 479 g/mol. The first kappa shape index (κ1) is 24.3. The minimum absolute atomic E-state index is 0.334. The fourth-order valence-electron chi connectivity index (χ4n) is 4.83. The summed E-state index contributed by atoms with van der Waals surface area (Å²) in [5.74, 6) is -0.463. The largest absolute Gasteiger partial charge is 0.649 e. The van der Waals surface area contributed by atoms with E-state index < -0.39 is 22.0 Å². The minimum atomic E-state index is -3.00. The van der Waals surface area contributed by atoms with Gasteiger partial charge in [-0.05, 0) is 15.6 Å². The van der Waals surface area contributed by atoms with Crippen LogP contribution in [0.1, 0.15) is 20.8 Å². The van der Waals surface area contributed by atoms with Gasteiger partial charge in [0.1, 0.15) is 7.79 Å². The maximum Gasteiger partial charge on any atom is 0.292 e. The van der Waals surface area contributed by atoms with Crippen LogP contribution >= 0.6 is 7.79 Å². The Morgan fingerprint density at radius 3 is 1.36 bits per heavy atom. The molecule has 0 bridgehead atoms. The Morgan fingerprint density at radius 2 is 1.06 bits per heavy atom. The molecule has 1 fully saturated rings. The van der Waals surface area contributed by atoms with E-state index in [9.17, 15) is 4.89 Å². The van der Waals surface area contributed by atoms with Crippen LogP contribution in [0.25, 0.3) is 0 Å². The standard InChI is InChI=1S/C27H35N2O2PSi/c1-27(2,3)26(32(30)28(4)21-22-29(32)5)31-33(23-15-9-6-10-16-23,24-17-11-7-12-18-24)25-19-13-8-14-20-25/h6-20,26H,21-22H2,1-5H3/t26-/m0/s1. The van der Waals surface area contributed by atoms with Gasteiger partial charge in [-0.15, -0.1) is 0 Å². The van der Waals surface area contributed by atoms with Gasteiger partial charge in [0, 0.05) is 19.5 Å². The minimum Gasteiger partial charge on any atom is -0.649 e. The molecule has 0 spiro atoms. The van der Waals surface area contributed by atoms with E-state index in [1.807, 2.05) is 41.6 Å². The van der Waals surface area contributed by atoms with Crippen LogP contribution in [0, 0.1) is 5.41 Å². The number of hydrogen-bond acceptors (Lipinski definition) is 4. The number of benzene rings is 3. The third kappa shape index (κ3) is 4.34. The molecular weight excluding hydrogens is 443 g/mol. The normalized spacial score (nSPS) is 18.4. The molecule has 0 N–H and O–H groups in total. The van der Waals surface area contributed by atoms with E-state index in [0.717, 1.165) is 28.6 Å². The van der Waals surface area contributed by atoms with Crippen LogP contribution in [0.4, 0.5) is 0 Å². The van der Waals surface area contributed by atoms with Crippen molar-refractivity contribution in [2.75, 3.05) is 27.2 Å². The lowest BCUT2D eigenvalue weighted by atomic mass is 9.98. The molecular formula is C27H35N2O2PSi. The van der Waals surface area contributed by atoms with Crippen molar-refractivity contribution in [3.05, 3.63) is 91.0 Å². The second-order valence-corrected chi connectivity index (χ2v) is 16.3. The molecule has 0 saturated carbocycles. The van der Waals surface area contributed by atoms with Gasteiger partial charge in [0.05, 0.1) is 13.1 Å². The molecule has 3 aromatic carbocycles. The molecule has 1 saturated heterocycles. The highest BCUT2D eigenvalue weighted by Gasteiger charge is 2.58. The zero-order valence-corrected chi connectivity index (χ0v) is 22.2. The summed E-state index contributed by atoms with van der Waals surface area (Å²) in [5.41, 5.74) is -0.334. The van der Waals surface area contributed by atoms with Crippen LogP contribution in [0.3, 0.4) is 0 Å². The van der Waals surface area contributed by atoms with Gasteiger partial charge >= 0.3 is 0 Å². The lowest BCUT2D eigenvalue weighted by molar-refractivity contribution is -0.200. The predicted molar refractivity (Wildman–Crippen MR) is 140 cm³/mol. The summed E-state index contributed by atoms with van der Waals surface area (Å²) >= 11 is 0. The average Bonchev–Trinajstić information content (AvgIpc) is 3.08. The van der Waals surface area contributed by atoms with Crippen molar-refractivity contribution in [2.24, 2.45) is 5.41 Å². The first-order valence-electron chi connectivity index (χ1n) is 11.6. The van der Waals surface area contributed by atoms with Crippen LogP contribution in [-0.4, -0.2) is 50.7 Å². The highest BCUT2D eigenvalue weighted by Crippen LogP contribution is 2.67. The van der Waals surface area contributed by atoms with Crippen LogP contribution in [0.5, 0.6) is 0 Å². The summed E-state index contributed by atoms with van der Waals surface area (Å²) in [5, 5.41) is 3.48. The summed E-state index contributed by atoms with van der Waals surface area (Å²) in [7, 11) is -2.01. The SMILES string of the molecule is CN1CCN(C)[P+]1([O-])[C@H](O[Si](c1ccccc1)(c1ccccc1)c1ccccc1)C(C)(C)C. The zero-order chi connectivity index (χ0) is 23.7. The molecule has 0 unspecified atom stereocenters. The van der Waals surface area contributed by atoms with E-state index in [0.29, 0.717) is 0 Å². The maximum atomic E-state index is 14.7. The van der Waals surface area contributed by atoms with Gasteiger partial charge in [-0.25, -0.2) is 0 Å². The molecule has 1 aliphatic rings. The quantitative estimate of drug-likeness (QED) is 0.310. The third-order valence-corrected chi connectivity index (χ3v) is 14.7. The molecule has 33 heavy (non-hydrogen) atoms. The van der Waals surface area contributed by atoms with Crippen LogP contribution in [-0.2, 0) is 4.43 Å². The van der Waals surface area contributed by atoms with Crippen molar-refractivity contribution in [1.82, 2.24) is 9.34 Å². The predicted octanol–water partition coefficient (Wildman–Crippen LogP) is 3.04. The molecule has 4 nitrogen and oxygen atoms in total. The number of likely N-dealkylation sites (N-methyl/N-ethyl adjacent to an activating group) is 2. The monoisotopic (exact) mass is 478 g/mol. The maximum absolute atomic E-state index is 14.7. The number of hydrogen-bond donors (Lipinski definition) is 0. The summed E-state index contributed by atoms with van der Waals surface area (Å²) < 4.78 is 11.5. The third-order valence-electron chi connectivity index (χ3n) is 6.60. The Kier molecular flexibility index (Phi) is 6.93. The Balaban J connectivity index is 2.00. The summed E-state index contributed by atoms with van der Waals surface area (Å²) in [6.45, 7) is 8.01. The Labute approximate surface area is 200 Å². The smallest absolute Gasteiger partial charge is 0.292 e. The molecule has 3 aromatic rings. The molecule has 4 rings (SSSR count). The second kappa shape index (κ2) is 9.42. The van der Waals surface area contributed by atoms with Crippen LogP contribution in [0.2, 0.25) is 0 Å². The lowest BCUT2D eigenvalue weighted by Gasteiger charge is -2.50. The van der Waals surface area contributed by atoms with Gasteiger partial charge in [-0.2, -0.15) is 9.34 Å². The molecule has 1 atom stereocenters. The van der Waals surface area contributed by atoms with Crippen molar-refractivity contribution in [3.8, 4) is 0 Å². The highest BCUT2D eigenvalue weighted by molar-refractivity contribution is 7.65. The molecule has 0 aromatic heterocycles. The number of nitrogens with zero attached hydrogens (tertiary/aromatic N) is 2. The van der Waals surface area contributed by atoms with Gasteiger partial charge in [-0.1, -0.05) is 112 Å². The van der Waals surface area contributed by atoms with Gasteiger partial charge in [0.25, 0.3) is 8.32 Å². The topological polar surface area (TPSA) is 38.8 Å². The number of rotatable bonds is 6. The van der Waals surface area contributed by atoms with E-state index in [-0.39, 0.29) is 5.41 Å². The van der Waals surface area contributed by atoms with Crippen LogP contribution < -0.4 is 20.5 Å². The molecule has 1 aliphatic heterocycles. The fraction of sp³-hybridized carbons (Fsp3) is 0.333. The second-order valence-electron chi connectivity index (χ2n) is 9.97. The molecule has 6 heteroatoms. The van der Waals surface area contributed by atoms with Crippen molar-refractivity contribution < 1.29 is 9.32 Å². The first-order valence-corrected chi connectivity index (χ1v) is 15.2. The van der Waals surface area contributed by atoms with E-state index in [1.54, 1.807) is 0 Å². The van der Waals surface area contributed by atoms with Gasteiger partial charge < -0.3 is 9.32 Å². The van der Waals surface area contributed by atoms with E-state index >= 15 is 0 Å². The van der Waals surface area contributed by atoms with Crippen molar-refractivity contribution in [2.45, 2.75) is 26.6 Å². The Bertz CT molecular complexity index is 937. The van der Waals surface area contributed by atoms with Crippen molar-refractivity contribution in [1.29, 1.82) is 0 Å². The van der Waals surface area contributed by atoms with E-state index in [2.05, 4.69) is 93.6 Å². The summed E-state index contributed by atoms with van der Waals surface area (Å²) in [4.78, 5) is 14.7. The fourth-order valence-corrected chi connectivity index (χ4v) is 12.9. The summed E-state index contributed by atoms with van der Waals surface area (Å²) in [6.07, 6.45) is 0. The van der Waals surface area contributed by atoms with Gasteiger partial charge in [-0.3, -0.25) is 0 Å². The molecule has 174 valence electrons. The molecule has 0 amide bonds. The van der Waals surface area contributed by atoms with E-state index in [1.165, 1.54) is 0 Å². The van der Waals surface area contributed by atoms with E-state index in [4.69, 9.17) is 4.43 Å².